The monoisotopic (exact) mass is 292 g/mol. The van der Waals surface area contributed by atoms with E-state index in [4.69, 9.17) is 17.0 Å². The van der Waals surface area contributed by atoms with Gasteiger partial charge in [0.05, 0.1) is 12.1 Å². The molecule has 20 heavy (non-hydrogen) atoms. The Morgan fingerprint density at radius 3 is 2.65 bits per heavy atom. The van der Waals surface area contributed by atoms with Crippen LogP contribution in [0.5, 0.6) is 5.75 Å². The van der Waals surface area contributed by atoms with Crippen LogP contribution in [0.1, 0.15) is 46.6 Å². The summed E-state index contributed by atoms with van der Waals surface area (Å²) in [6, 6.07) is 6.52. The summed E-state index contributed by atoms with van der Waals surface area (Å²) in [5.41, 5.74) is 2.15. The highest BCUT2D eigenvalue weighted by atomic mass is 32.1. The number of benzene rings is 1. The van der Waals surface area contributed by atoms with Gasteiger partial charge in [-0.1, -0.05) is 19.9 Å². The van der Waals surface area contributed by atoms with Gasteiger partial charge < -0.3 is 14.3 Å². The number of hydrogen-bond donors (Lipinski definition) is 1. The molecule has 1 unspecified atom stereocenters. The molecule has 1 aromatic heterocycles. The second kappa shape index (κ2) is 6.44. The lowest BCUT2D eigenvalue weighted by molar-refractivity contribution is 0.343. The first-order valence-corrected chi connectivity index (χ1v) is 7.81. The lowest BCUT2D eigenvalue weighted by atomic mass is 10.0. The van der Waals surface area contributed by atoms with Crippen LogP contribution in [0.2, 0.25) is 0 Å². The van der Waals surface area contributed by atoms with Gasteiger partial charge in [0.1, 0.15) is 11.3 Å². The smallest absolute Gasteiger partial charge is 0.178 e. The highest BCUT2D eigenvalue weighted by Crippen LogP contribution is 2.29. The second-order valence-electron chi connectivity index (χ2n) is 5.70. The Labute approximate surface area is 126 Å². The van der Waals surface area contributed by atoms with Crippen molar-refractivity contribution in [2.75, 3.05) is 6.61 Å². The number of aromatic nitrogens is 2. The summed E-state index contributed by atoms with van der Waals surface area (Å²) >= 11 is 5.50. The summed E-state index contributed by atoms with van der Waals surface area (Å²) in [4.78, 5) is 3.30. The zero-order chi connectivity index (χ0) is 14.7. The fourth-order valence-corrected chi connectivity index (χ4v) is 2.92. The third-order valence-corrected chi connectivity index (χ3v) is 3.92. The van der Waals surface area contributed by atoms with Gasteiger partial charge in [-0.2, -0.15) is 0 Å². The van der Waals surface area contributed by atoms with Gasteiger partial charge in [-0.25, -0.2) is 0 Å². The molecule has 0 bridgehead atoms. The third-order valence-electron chi connectivity index (χ3n) is 3.62. The minimum absolute atomic E-state index is 0.399. The van der Waals surface area contributed by atoms with Crippen molar-refractivity contribution in [2.45, 2.75) is 46.6 Å². The topological polar surface area (TPSA) is 29.9 Å². The van der Waals surface area contributed by atoms with Crippen LogP contribution in [0.3, 0.4) is 0 Å². The standard InChI is InChI=1S/C16H24N2OS/c1-5-19-14-8-6-7-13-15(14)17-16(20)18(13)12(4)10-9-11(2)3/h6-8,11-12H,5,9-10H2,1-4H3,(H,17,20). The quantitative estimate of drug-likeness (QED) is 0.751. The molecule has 3 nitrogen and oxygen atoms in total. The van der Waals surface area contributed by atoms with Crippen LogP contribution in [-0.4, -0.2) is 16.2 Å². The molecule has 1 aromatic carbocycles. The van der Waals surface area contributed by atoms with Crippen molar-refractivity contribution in [2.24, 2.45) is 5.92 Å². The number of aromatic amines is 1. The first-order chi connectivity index (χ1) is 9.54. The van der Waals surface area contributed by atoms with E-state index in [2.05, 4.69) is 36.4 Å². The number of rotatable bonds is 6. The maximum atomic E-state index is 5.67. The number of H-pyrrole nitrogens is 1. The Morgan fingerprint density at radius 1 is 1.25 bits per heavy atom. The van der Waals surface area contributed by atoms with Crippen molar-refractivity contribution in [3.8, 4) is 5.75 Å². The number of imidazole rings is 1. The van der Waals surface area contributed by atoms with Crippen molar-refractivity contribution in [3.05, 3.63) is 23.0 Å². The van der Waals surface area contributed by atoms with Crippen LogP contribution in [0.25, 0.3) is 11.0 Å². The molecule has 4 heteroatoms. The summed E-state index contributed by atoms with van der Waals surface area (Å²) in [5.74, 6) is 1.60. The van der Waals surface area contributed by atoms with Crippen LogP contribution in [0, 0.1) is 10.7 Å². The minimum atomic E-state index is 0.399. The summed E-state index contributed by atoms with van der Waals surface area (Å²) in [5, 5.41) is 0. The lowest BCUT2D eigenvalue weighted by Crippen LogP contribution is -2.06. The molecule has 0 aliphatic carbocycles. The van der Waals surface area contributed by atoms with Gasteiger partial charge in [-0.15, -0.1) is 0 Å². The molecular formula is C16H24N2OS. The molecule has 2 rings (SSSR count). The fourth-order valence-electron chi connectivity index (χ4n) is 2.54. The Balaban J connectivity index is 2.41. The number of fused-ring (bicyclic) bond motifs is 1. The van der Waals surface area contributed by atoms with E-state index in [1.807, 2.05) is 19.1 Å². The Bertz CT molecular complexity index is 627. The molecule has 0 saturated heterocycles. The normalized spacial score (nSPS) is 13.1. The predicted octanol–water partition coefficient (Wildman–Crippen LogP) is 5.09. The molecule has 0 amide bonds. The van der Waals surface area contributed by atoms with Gasteiger partial charge in [0.25, 0.3) is 0 Å². The van der Waals surface area contributed by atoms with E-state index in [0.717, 1.165) is 33.9 Å². The van der Waals surface area contributed by atoms with Crippen molar-refractivity contribution in [3.63, 3.8) is 0 Å². The molecule has 1 N–H and O–H groups in total. The largest absolute Gasteiger partial charge is 0.492 e. The third kappa shape index (κ3) is 3.06. The highest BCUT2D eigenvalue weighted by Gasteiger charge is 2.14. The summed E-state index contributed by atoms with van der Waals surface area (Å²) in [6.45, 7) is 9.41. The summed E-state index contributed by atoms with van der Waals surface area (Å²) in [7, 11) is 0. The van der Waals surface area contributed by atoms with E-state index in [9.17, 15) is 0 Å². The van der Waals surface area contributed by atoms with E-state index in [1.165, 1.54) is 6.42 Å². The average molecular weight is 292 g/mol. The van der Waals surface area contributed by atoms with Crippen LogP contribution in [0.4, 0.5) is 0 Å². The van der Waals surface area contributed by atoms with Crippen LogP contribution in [0.15, 0.2) is 18.2 Å². The van der Waals surface area contributed by atoms with E-state index < -0.39 is 0 Å². The van der Waals surface area contributed by atoms with Gasteiger partial charge in [0, 0.05) is 6.04 Å². The Kier molecular flexibility index (Phi) is 4.86. The molecule has 1 heterocycles. The molecule has 2 aromatic rings. The molecule has 0 radical (unpaired) electrons. The molecule has 0 spiro atoms. The predicted molar refractivity (Wildman–Crippen MR) is 87.1 cm³/mol. The van der Waals surface area contributed by atoms with Gasteiger partial charge in [-0.05, 0) is 57.0 Å². The van der Waals surface area contributed by atoms with Crippen LogP contribution in [-0.2, 0) is 0 Å². The summed E-state index contributed by atoms with van der Waals surface area (Å²) < 4.78 is 8.67. The van der Waals surface area contributed by atoms with E-state index in [0.29, 0.717) is 12.6 Å². The van der Waals surface area contributed by atoms with Gasteiger partial charge in [0.15, 0.2) is 4.77 Å². The maximum Gasteiger partial charge on any atom is 0.178 e. The summed E-state index contributed by atoms with van der Waals surface area (Å²) in [6.07, 6.45) is 2.35. The first-order valence-electron chi connectivity index (χ1n) is 7.40. The van der Waals surface area contributed by atoms with E-state index >= 15 is 0 Å². The number of nitrogens with one attached hydrogen (secondary N) is 1. The van der Waals surface area contributed by atoms with Crippen molar-refractivity contribution in [1.82, 2.24) is 9.55 Å². The van der Waals surface area contributed by atoms with Gasteiger partial charge >= 0.3 is 0 Å². The van der Waals surface area contributed by atoms with Gasteiger partial charge in [-0.3, -0.25) is 0 Å². The van der Waals surface area contributed by atoms with E-state index in [-0.39, 0.29) is 0 Å². The SMILES string of the molecule is CCOc1cccc2c1[nH]c(=S)n2C(C)CCC(C)C. The van der Waals surface area contributed by atoms with E-state index in [1.54, 1.807) is 0 Å². The van der Waals surface area contributed by atoms with Crippen LogP contribution < -0.4 is 4.74 Å². The van der Waals surface area contributed by atoms with Gasteiger partial charge in [0.2, 0.25) is 0 Å². The molecule has 0 aliphatic heterocycles. The average Bonchev–Trinajstić information content (AvgIpc) is 2.73. The lowest BCUT2D eigenvalue weighted by Gasteiger charge is -2.16. The second-order valence-corrected chi connectivity index (χ2v) is 6.09. The zero-order valence-corrected chi connectivity index (χ0v) is 13.6. The van der Waals surface area contributed by atoms with Crippen molar-refractivity contribution >= 4 is 23.3 Å². The Hall–Kier alpha value is -1.29. The molecule has 1 atom stereocenters. The minimum Gasteiger partial charge on any atom is -0.492 e. The molecular weight excluding hydrogens is 268 g/mol. The zero-order valence-electron chi connectivity index (χ0n) is 12.8. The number of para-hydroxylation sites is 1. The number of hydrogen-bond acceptors (Lipinski definition) is 2. The molecule has 0 saturated carbocycles. The molecule has 0 fully saturated rings. The maximum absolute atomic E-state index is 5.67. The highest BCUT2D eigenvalue weighted by molar-refractivity contribution is 7.71. The number of ether oxygens (including phenoxy) is 1. The fraction of sp³-hybridized carbons (Fsp3) is 0.562. The van der Waals surface area contributed by atoms with Crippen molar-refractivity contribution in [1.29, 1.82) is 0 Å². The first kappa shape index (κ1) is 15.1. The number of nitrogens with zero attached hydrogens (tertiary/aromatic N) is 1. The Morgan fingerprint density at radius 2 is 2.00 bits per heavy atom. The van der Waals surface area contributed by atoms with Crippen LogP contribution >= 0.6 is 12.2 Å². The van der Waals surface area contributed by atoms with Crippen molar-refractivity contribution < 1.29 is 4.74 Å². The molecule has 110 valence electrons. The molecule has 0 aliphatic rings.